The molecule has 0 unspecified atom stereocenters. The van der Waals surface area contributed by atoms with E-state index in [1.807, 2.05) is 0 Å². The molecule has 0 aliphatic heterocycles. The van der Waals surface area contributed by atoms with E-state index in [0.717, 1.165) is 12.2 Å². The molecule has 0 spiro atoms. The van der Waals surface area contributed by atoms with Gasteiger partial charge in [0.15, 0.2) is 0 Å². The van der Waals surface area contributed by atoms with Gasteiger partial charge in [0.25, 0.3) is 11.8 Å². The van der Waals surface area contributed by atoms with E-state index in [1.54, 1.807) is 10.9 Å². The first kappa shape index (κ1) is 13.8. The standard InChI is InChI=1S/C4H8N4O2.K/c5-7-3(9)1-2-4(10)8-6;/h1-2H,5-6H2,(H,7,9)(H,8,10);/b2-1-;. The maximum absolute atomic E-state index is 10.3. The fourth-order valence-electron chi connectivity index (χ4n) is 0.248. The third-order valence-corrected chi connectivity index (χ3v) is 0.671. The second-order valence-corrected chi connectivity index (χ2v) is 1.35. The van der Waals surface area contributed by atoms with Crippen LogP contribution in [0.3, 0.4) is 0 Å². The van der Waals surface area contributed by atoms with Crippen molar-refractivity contribution >= 4 is 63.2 Å². The Morgan fingerprint density at radius 3 is 1.45 bits per heavy atom. The quantitative estimate of drug-likeness (QED) is 0.121. The first-order valence-corrected chi connectivity index (χ1v) is 2.40. The summed E-state index contributed by atoms with van der Waals surface area (Å²) in [6.45, 7) is 0. The third kappa shape index (κ3) is 8.14. The van der Waals surface area contributed by atoms with Gasteiger partial charge in [0.05, 0.1) is 0 Å². The first-order valence-electron chi connectivity index (χ1n) is 2.40. The summed E-state index contributed by atoms with van der Waals surface area (Å²) in [5.41, 5.74) is 3.60. The Bertz CT molecular complexity index is 151. The molecule has 0 atom stereocenters. The van der Waals surface area contributed by atoms with Gasteiger partial charge in [-0.05, 0) is 0 Å². The van der Waals surface area contributed by atoms with Crippen molar-refractivity contribution < 1.29 is 9.59 Å². The van der Waals surface area contributed by atoms with Crippen LogP contribution in [0.1, 0.15) is 0 Å². The zero-order valence-electron chi connectivity index (χ0n) is 6.13. The van der Waals surface area contributed by atoms with Crippen molar-refractivity contribution in [2.45, 2.75) is 0 Å². The summed E-state index contributed by atoms with van der Waals surface area (Å²) in [5.74, 6) is 8.24. The van der Waals surface area contributed by atoms with Crippen LogP contribution in [0.4, 0.5) is 0 Å². The Kier molecular flexibility index (Phi) is 10.5. The van der Waals surface area contributed by atoms with E-state index in [9.17, 15) is 9.59 Å². The zero-order valence-corrected chi connectivity index (χ0v) is 9.25. The molecule has 2 amide bonds. The molecule has 0 rings (SSSR count). The Morgan fingerprint density at radius 2 is 1.27 bits per heavy atom. The predicted octanol–water partition coefficient (Wildman–Crippen LogP) is -2.86. The first-order chi connectivity index (χ1) is 4.70. The minimum Gasteiger partial charge on any atom is -0.291 e. The van der Waals surface area contributed by atoms with E-state index >= 15 is 0 Å². The molecule has 1 radical (unpaired) electrons. The van der Waals surface area contributed by atoms with Crippen LogP contribution in [-0.4, -0.2) is 63.2 Å². The van der Waals surface area contributed by atoms with Crippen LogP contribution in [0.2, 0.25) is 0 Å². The van der Waals surface area contributed by atoms with E-state index in [2.05, 4.69) is 11.7 Å². The Balaban J connectivity index is 0. The van der Waals surface area contributed by atoms with E-state index in [1.165, 1.54) is 0 Å². The van der Waals surface area contributed by atoms with Gasteiger partial charge in [0, 0.05) is 63.5 Å². The van der Waals surface area contributed by atoms with E-state index in [4.69, 9.17) is 0 Å². The normalized spacial score (nSPS) is 8.55. The number of nitrogens with one attached hydrogen (secondary N) is 2. The van der Waals surface area contributed by atoms with Crippen molar-refractivity contribution in [3.05, 3.63) is 12.2 Å². The molecule has 6 N–H and O–H groups in total. The predicted molar refractivity (Wildman–Crippen MR) is 39.6 cm³/mol. The van der Waals surface area contributed by atoms with Gasteiger partial charge in [-0.25, -0.2) is 11.7 Å². The number of hydrazine groups is 2. The van der Waals surface area contributed by atoms with Crippen LogP contribution in [0.5, 0.6) is 0 Å². The fourth-order valence-corrected chi connectivity index (χ4v) is 0.248. The second-order valence-electron chi connectivity index (χ2n) is 1.35. The van der Waals surface area contributed by atoms with Gasteiger partial charge in [0.1, 0.15) is 0 Å². The largest absolute Gasteiger partial charge is 0.291 e. The summed E-state index contributed by atoms with van der Waals surface area (Å²) in [5, 5.41) is 0. The maximum atomic E-state index is 10.3. The zero-order chi connectivity index (χ0) is 7.98. The molecule has 0 fully saturated rings. The number of amides is 2. The molecular weight excluding hydrogens is 175 g/mol. The van der Waals surface area contributed by atoms with Crippen molar-refractivity contribution in [1.82, 2.24) is 10.9 Å². The van der Waals surface area contributed by atoms with Crippen molar-refractivity contribution in [3.8, 4) is 0 Å². The van der Waals surface area contributed by atoms with E-state index in [0.29, 0.717) is 0 Å². The smallest absolute Gasteiger partial charge is 0.258 e. The molecule has 6 nitrogen and oxygen atoms in total. The molecule has 0 heterocycles. The molecule has 0 saturated carbocycles. The number of carbonyl (C=O) groups excluding carboxylic acids is 2. The van der Waals surface area contributed by atoms with Crippen LogP contribution < -0.4 is 22.5 Å². The van der Waals surface area contributed by atoms with Gasteiger partial charge in [0.2, 0.25) is 0 Å². The minimum atomic E-state index is -0.566. The second kappa shape index (κ2) is 8.33. The summed E-state index contributed by atoms with van der Waals surface area (Å²) in [6.07, 6.45) is 1.92. The summed E-state index contributed by atoms with van der Waals surface area (Å²) in [7, 11) is 0. The average molecular weight is 183 g/mol. The third-order valence-electron chi connectivity index (χ3n) is 0.671. The summed E-state index contributed by atoms with van der Waals surface area (Å²) >= 11 is 0. The number of carbonyl (C=O) groups is 2. The van der Waals surface area contributed by atoms with Crippen molar-refractivity contribution in [3.63, 3.8) is 0 Å². The van der Waals surface area contributed by atoms with Gasteiger partial charge < -0.3 is 0 Å². The fraction of sp³-hybridized carbons (Fsp3) is 0. The van der Waals surface area contributed by atoms with Gasteiger partial charge in [-0.15, -0.1) is 0 Å². The van der Waals surface area contributed by atoms with Gasteiger partial charge in [-0.2, -0.15) is 0 Å². The molecule has 0 aromatic rings. The molecule has 0 saturated heterocycles. The molecule has 0 aromatic carbocycles. The molecular formula is C4H8KN4O2. The monoisotopic (exact) mass is 183 g/mol. The minimum absolute atomic E-state index is 0. The Labute approximate surface area is 106 Å². The molecule has 7 heteroatoms. The van der Waals surface area contributed by atoms with Crippen molar-refractivity contribution in [2.75, 3.05) is 0 Å². The average Bonchev–Trinajstić information content (AvgIpc) is 1.99. The van der Waals surface area contributed by atoms with E-state index in [-0.39, 0.29) is 51.4 Å². The van der Waals surface area contributed by atoms with Crippen LogP contribution >= 0.6 is 0 Å². The Morgan fingerprint density at radius 1 is 1.00 bits per heavy atom. The molecule has 11 heavy (non-hydrogen) atoms. The van der Waals surface area contributed by atoms with Crippen molar-refractivity contribution in [1.29, 1.82) is 0 Å². The van der Waals surface area contributed by atoms with Crippen LogP contribution in [0.15, 0.2) is 12.2 Å². The summed E-state index contributed by atoms with van der Waals surface area (Å²) < 4.78 is 0. The van der Waals surface area contributed by atoms with Crippen LogP contribution in [-0.2, 0) is 9.59 Å². The molecule has 0 aliphatic carbocycles. The molecule has 0 bridgehead atoms. The number of nitrogens with two attached hydrogens (primary N) is 2. The van der Waals surface area contributed by atoms with E-state index < -0.39 is 11.8 Å². The maximum Gasteiger partial charge on any atom is 0.258 e. The van der Waals surface area contributed by atoms with Crippen molar-refractivity contribution in [2.24, 2.45) is 11.7 Å². The topological polar surface area (TPSA) is 110 Å². The summed E-state index contributed by atoms with van der Waals surface area (Å²) in [6, 6.07) is 0. The van der Waals surface area contributed by atoms with Crippen LogP contribution in [0.25, 0.3) is 0 Å². The SMILES string of the molecule is NNC(=O)/C=C\C(=O)NN.[K]. The molecule has 57 valence electrons. The number of hydrogen-bond donors (Lipinski definition) is 4. The summed E-state index contributed by atoms with van der Waals surface area (Å²) in [4.78, 5) is 20.6. The molecule has 0 aliphatic rings. The number of hydrogen-bond acceptors (Lipinski definition) is 4. The number of rotatable bonds is 2. The Hall–Kier alpha value is 0.236. The van der Waals surface area contributed by atoms with Crippen LogP contribution in [0, 0.1) is 0 Å². The molecule has 0 aromatic heterocycles. The van der Waals surface area contributed by atoms with Gasteiger partial charge in [-0.1, -0.05) is 0 Å². The van der Waals surface area contributed by atoms with Gasteiger partial charge >= 0.3 is 0 Å². The van der Waals surface area contributed by atoms with Gasteiger partial charge in [-0.3, -0.25) is 20.4 Å².